The number of methoxy groups -OCH3 is 2. The molecule has 0 radical (unpaired) electrons. The van der Waals surface area contributed by atoms with Crippen LogP contribution < -0.4 is 19.5 Å². The number of nitrogens with zero attached hydrogens (tertiary/aromatic N) is 4. The first-order chi connectivity index (χ1) is 24.4. The number of nitrogens with one attached hydrogen (secondary N) is 2. The third-order valence-corrected chi connectivity index (χ3v) is 11.0. The maximum atomic E-state index is 13.1. The number of benzene rings is 2. The number of ether oxygens (including phenoxy) is 3. The van der Waals surface area contributed by atoms with Gasteiger partial charge in [-0.15, -0.1) is 0 Å². The number of aliphatic imine (C=N–C) groups is 1. The maximum Gasteiger partial charge on any atom is 0.335 e. The molecule has 7 rings (SSSR count). The molecule has 2 amide bonds. The third-order valence-electron chi connectivity index (χ3n) is 8.86. The van der Waals surface area contributed by atoms with Crippen molar-refractivity contribution in [1.82, 2.24) is 19.6 Å². The molecule has 17 heteroatoms. The van der Waals surface area contributed by atoms with Gasteiger partial charge in [-0.05, 0) is 30.2 Å². The van der Waals surface area contributed by atoms with Crippen molar-refractivity contribution in [2.45, 2.75) is 30.7 Å². The van der Waals surface area contributed by atoms with Crippen LogP contribution in [0.2, 0.25) is 5.02 Å². The summed E-state index contributed by atoms with van der Waals surface area (Å²) in [6, 6.07) is 14.9. The number of allylic oxidation sites excluding steroid dienone is 2. The van der Waals surface area contributed by atoms with E-state index >= 15 is 0 Å². The fourth-order valence-corrected chi connectivity index (χ4v) is 8.23. The zero-order chi connectivity index (χ0) is 36.6. The van der Waals surface area contributed by atoms with Gasteiger partial charge in [0.15, 0.2) is 11.6 Å². The van der Waals surface area contributed by atoms with Gasteiger partial charge in [0.1, 0.15) is 16.6 Å². The van der Waals surface area contributed by atoms with Crippen LogP contribution in [0.1, 0.15) is 46.0 Å². The summed E-state index contributed by atoms with van der Waals surface area (Å²) < 4.78 is 42.8. The molecule has 14 nitrogen and oxygen atoms in total. The molecule has 4 aliphatic rings. The second kappa shape index (κ2) is 14.1. The molecule has 3 aromatic rings. The van der Waals surface area contributed by atoms with Crippen molar-refractivity contribution < 1.29 is 37.0 Å². The Bertz CT molecular complexity index is 2060. The van der Waals surface area contributed by atoms with Gasteiger partial charge < -0.3 is 19.1 Å². The number of halogens is 2. The molecule has 2 atom stereocenters. The van der Waals surface area contributed by atoms with E-state index in [0.29, 0.717) is 41.4 Å². The minimum absolute atomic E-state index is 0.0810. The molecule has 4 heterocycles. The lowest BCUT2D eigenvalue weighted by Gasteiger charge is -2.28. The number of ketones is 2. The Morgan fingerprint density at radius 1 is 1.02 bits per heavy atom. The fourth-order valence-electron chi connectivity index (χ4n) is 6.23. The first kappa shape index (κ1) is 36.0. The lowest BCUT2D eigenvalue weighted by Crippen LogP contribution is -2.49. The Balaban J connectivity index is 0.000000177. The van der Waals surface area contributed by atoms with Gasteiger partial charge in [0.25, 0.3) is 10.0 Å². The summed E-state index contributed by atoms with van der Waals surface area (Å²) in [7, 11) is -1.48. The number of anilines is 1. The molecular formula is C34H32Cl2N6O8S. The van der Waals surface area contributed by atoms with Crippen LogP contribution in [-0.4, -0.2) is 78.8 Å². The topological polar surface area (TPSA) is 182 Å². The number of sulfonamides is 1. The van der Waals surface area contributed by atoms with Gasteiger partial charge in [0, 0.05) is 29.1 Å². The monoisotopic (exact) mass is 754 g/mol. The number of hydrogen-bond acceptors (Lipinski definition) is 12. The molecule has 1 aromatic heterocycles. The molecule has 1 saturated heterocycles. The number of amides is 2. The normalized spacial score (nSPS) is 21.0. The minimum atomic E-state index is -4.22. The molecule has 266 valence electrons. The molecule has 0 bridgehead atoms. The van der Waals surface area contributed by atoms with Gasteiger partial charge in [-0.1, -0.05) is 78.7 Å². The summed E-state index contributed by atoms with van der Waals surface area (Å²) >= 11 is 12.1. The van der Waals surface area contributed by atoms with Crippen LogP contribution in [0.5, 0.6) is 11.8 Å². The van der Waals surface area contributed by atoms with Crippen molar-refractivity contribution in [3.05, 3.63) is 100 Å². The second-order valence-corrected chi connectivity index (χ2v) is 14.4. The van der Waals surface area contributed by atoms with Gasteiger partial charge in [-0.25, -0.2) is 22.9 Å². The lowest BCUT2D eigenvalue weighted by atomic mass is 9.71. The van der Waals surface area contributed by atoms with Crippen molar-refractivity contribution in [1.29, 1.82) is 0 Å². The van der Waals surface area contributed by atoms with Gasteiger partial charge in [0.2, 0.25) is 23.1 Å². The Hall–Kier alpha value is -4.83. The highest BCUT2D eigenvalue weighted by Gasteiger charge is 2.60. The average molecular weight is 756 g/mol. The van der Waals surface area contributed by atoms with Crippen LogP contribution in [-0.2, 0) is 20.4 Å². The summed E-state index contributed by atoms with van der Waals surface area (Å²) in [6.45, 7) is 2.69. The van der Waals surface area contributed by atoms with Crippen LogP contribution in [0.25, 0.3) is 0 Å². The molecule has 51 heavy (non-hydrogen) atoms. The van der Waals surface area contributed by atoms with E-state index in [1.54, 1.807) is 48.6 Å². The first-order valence-corrected chi connectivity index (χ1v) is 17.9. The molecule has 2 aromatic carbocycles. The van der Waals surface area contributed by atoms with Crippen LogP contribution in [0, 0.1) is 5.41 Å². The molecule has 2 unspecified atom stereocenters. The van der Waals surface area contributed by atoms with E-state index < -0.39 is 32.4 Å². The van der Waals surface area contributed by atoms with E-state index in [1.165, 1.54) is 25.2 Å². The van der Waals surface area contributed by atoms with Gasteiger partial charge in [-0.2, -0.15) is 9.97 Å². The van der Waals surface area contributed by atoms with Crippen molar-refractivity contribution >= 4 is 61.9 Å². The zero-order valence-corrected chi connectivity index (χ0v) is 29.9. The molecule has 2 N–H and O–H groups in total. The van der Waals surface area contributed by atoms with E-state index in [2.05, 4.69) is 20.3 Å². The van der Waals surface area contributed by atoms with Crippen LogP contribution in [0.4, 0.5) is 10.7 Å². The highest BCUT2D eigenvalue weighted by molar-refractivity contribution is 7.91. The minimum Gasteiger partial charge on any atom is -0.481 e. The summed E-state index contributed by atoms with van der Waals surface area (Å²) in [4.78, 5) is 51.5. The number of rotatable bonds is 9. The largest absolute Gasteiger partial charge is 0.481 e. The number of fused-ring (bicyclic) bond motifs is 2. The van der Waals surface area contributed by atoms with Crippen LogP contribution in [0.15, 0.2) is 83.6 Å². The Morgan fingerprint density at radius 2 is 1.67 bits per heavy atom. The van der Waals surface area contributed by atoms with Gasteiger partial charge >= 0.3 is 6.03 Å². The van der Waals surface area contributed by atoms with E-state index in [4.69, 9.17) is 37.4 Å². The number of carbonyl (C=O) groups excluding carboxylic acids is 3. The van der Waals surface area contributed by atoms with E-state index in [9.17, 15) is 22.8 Å². The predicted molar refractivity (Wildman–Crippen MR) is 189 cm³/mol. The van der Waals surface area contributed by atoms with E-state index in [0.717, 1.165) is 5.56 Å². The molecule has 1 fully saturated rings. The van der Waals surface area contributed by atoms with Crippen LogP contribution in [0.3, 0.4) is 0 Å². The highest BCUT2D eigenvalue weighted by Crippen LogP contribution is 2.53. The number of Topliss-reactive ketones (excluding diaryl/α,β-unsaturated/α-hetero) is 2. The molecular weight excluding hydrogens is 723 g/mol. The van der Waals surface area contributed by atoms with Gasteiger partial charge in [-0.3, -0.25) is 14.9 Å². The number of hydrogen-bond donors (Lipinski definition) is 2. The van der Waals surface area contributed by atoms with Crippen molar-refractivity contribution in [2.24, 2.45) is 10.4 Å². The van der Waals surface area contributed by atoms with Crippen molar-refractivity contribution in [3.63, 3.8) is 0 Å². The maximum absolute atomic E-state index is 13.1. The van der Waals surface area contributed by atoms with Crippen molar-refractivity contribution in [3.8, 4) is 11.8 Å². The smallest absolute Gasteiger partial charge is 0.335 e. The summed E-state index contributed by atoms with van der Waals surface area (Å²) in [5, 5.41) is 1.36. The molecule has 3 aliphatic heterocycles. The second-order valence-electron chi connectivity index (χ2n) is 11.9. The Labute approximate surface area is 303 Å². The molecule has 1 aliphatic carbocycles. The number of urea groups is 1. The number of aromatic nitrogens is 2. The summed E-state index contributed by atoms with van der Waals surface area (Å²) in [5.74, 6) is 0.289. The average Bonchev–Trinajstić information content (AvgIpc) is 3.77. The Morgan fingerprint density at radius 3 is 2.24 bits per heavy atom. The fraction of sp³-hybridized carbons (Fsp3) is 0.294. The summed E-state index contributed by atoms with van der Waals surface area (Å²) in [5.41, 5.74) is 0.369. The molecule has 0 saturated carbocycles. The van der Waals surface area contributed by atoms with Crippen LogP contribution >= 0.6 is 23.2 Å². The first-order valence-electron chi connectivity index (χ1n) is 15.6. The summed E-state index contributed by atoms with van der Waals surface area (Å²) in [6.07, 6.45) is 5.93. The number of epoxide rings is 1. The lowest BCUT2D eigenvalue weighted by molar-refractivity contribution is 0.0617. The number of carbonyl (C=O) groups is 3. The SMILES string of the molecule is CCC1(CC2(c3cccc(Cl)c3)CO2)C(=O)c2ccccc2C1=O.COc1cc(OC)nc(NC(=O)NS(=O)(=O)C2C(Cl)=NC3=CC=CCN32)n1. The predicted octanol–water partition coefficient (Wildman–Crippen LogP) is 5.07. The van der Waals surface area contributed by atoms with Gasteiger partial charge in [0.05, 0.1) is 32.3 Å². The van der Waals surface area contributed by atoms with E-state index in [1.807, 2.05) is 29.8 Å². The van der Waals surface area contributed by atoms with Crippen molar-refractivity contribution in [2.75, 3.05) is 32.7 Å². The third kappa shape index (κ3) is 6.94. The zero-order valence-electron chi connectivity index (χ0n) is 27.6. The Kier molecular flexibility index (Phi) is 9.92. The highest BCUT2D eigenvalue weighted by atomic mass is 35.5. The quantitative estimate of drug-likeness (QED) is 0.220. The molecule has 0 spiro atoms. The standard InChI is InChI=1S/C20H17ClO3.C14H15ClN6O5S/c1-2-19(17(22)15-8-3-4-9-16(15)18(19)23)11-20(12-24-20)13-6-5-7-14(21)10-13;1-25-9-7-10(26-2)18-13(17-9)19-14(22)20-27(23,24)12-11(15)16-8-5-3-4-6-21(8)12/h3-10H,2,11-12H2,1H3;3-5,7,12H,6H2,1-2H3,(H2,17,18,19,20,22). The van der Waals surface area contributed by atoms with E-state index in [-0.39, 0.29) is 41.0 Å².